The van der Waals surface area contributed by atoms with Crippen molar-refractivity contribution >= 4 is 5.91 Å². The Kier molecular flexibility index (Phi) is 5.65. The molecule has 0 spiro atoms. The largest absolute Gasteiger partial charge is 0.493 e. The molecule has 18 heavy (non-hydrogen) atoms. The Morgan fingerprint density at radius 3 is 2.72 bits per heavy atom. The van der Waals surface area contributed by atoms with Gasteiger partial charge in [-0.05, 0) is 44.0 Å². The van der Waals surface area contributed by atoms with Crippen molar-refractivity contribution < 1.29 is 14.6 Å². The van der Waals surface area contributed by atoms with Crippen LogP contribution in [0.2, 0.25) is 0 Å². The Bertz CT molecular complexity index is 402. The van der Waals surface area contributed by atoms with Crippen molar-refractivity contribution in [3.63, 3.8) is 0 Å². The topological polar surface area (TPSA) is 58.6 Å². The maximum Gasteiger partial charge on any atom is 0.223 e. The zero-order valence-electron chi connectivity index (χ0n) is 11.2. The summed E-state index contributed by atoms with van der Waals surface area (Å²) >= 11 is 0. The van der Waals surface area contributed by atoms with E-state index in [2.05, 4.69) is 5.32 Å². The van der Waals surface area contributed by atoms with Crippen LogP contribution in [0.25, 0.3) is 0 Å². The fourth-order valence-corrected chi connectivity index (χ4v) is 1.42. The lowest BCUT2D eigenvalue weighted by molar-refractivity contribution is -0.122. The second-order valence-corrected chi connectivity index (χ2v) is 4.50. The van der Waals surface area contributed by atoms with Crippen LogP contribution in [0.15, 0.2) is 18.2 Å². The number of nitrogens with one attached hydrogen (secondary N) is 1. The first-order valence-electron chi connectivity index (χ1n) is 6.14. The summed E-state index contributed by atoms with van der Waals surface area (Å²) in [4.78, 5) is 11.4. The predicted octanol–water partition coefficient (Wildman–Crippen LogP) is 1.57. The maximum absolute atomic E-state index is 11.4. The Balaban J connectivity index is 2.28. The summed E-state index contributed by atoms with van der Waals surface area (Å²) in [6.45, 7) is 6.32. The van der Waals surface area contributed by atoms with Crippen LogP contribution in [-0.2, 0) is 4.79 Å². The lowest BCUT2D eigenvalue weighted by Crippen LogP contribution is -2.31. The zero-order chi connectivity index (χ0) is 13.5. The predicted molar refractivity (Wildman–Crippen MR) is 70.7 cm³/mol. The Hall–Kier alpha value is -1.55. The van der Waals surface area contributed by atoms with Crippen LogP contribution in [-0.4, -0.2) is 30.3 Å². The van der Waals surface area contributed by atoms with Crippen molar-refractivity contribution in [3.05, 3.63) is 29.3 Å². The van der Waals surface area contributed by atoms with Crippen molar-refractivity contribution in [2.45, 2.75) is 33.3 Å². The van der Waals surface area contributed by atoms with Gasteiger partial charge in [-0.25, -0.2) is 0 Å². The molecule has 0 fully saturated rings. The van der Waals surface area contributed by atoms with Gasteiger partial charge in [0.05, 0.1) is 19.1 Å². The number of rotatable bonds is 6. The fourth-order valence-electron chi connectivity index (χ4n) is 1.42. The van der Waals surface area contributed by atoms with E-state index >= 15 is 0 Å². The highest BCUT2D eigenvalue weighted by molar-refractivity contribution is 5.75. The van der Waals surface area contributed by atoms with E-state index in [-0.39, 0.29) is 12.5 Å². The number of aliphatic hydroxyl groups is 1. The van der Waals surface area contributed by atoms with Crippen molar-refractivity contribution in [2.24, 2.45) is 0 Å². The highest BCUT2D eigenvalue weighted by atomic mass is 16.5. The average Bonchev–Trinajstić information content (AvgIpc) is 2.31. The highest BCUT2D eigenvalue weighted by Gasteiger charge is 2.04. The first-order chi connectivity index (χ1) is 8.49. The van der Waals surface area contributed by atoms with E-state index in [4.69, 9.17) is 9.84 Å². The second kappa shape index (κ2) is 7.01. The third kappa shape index (κ3) is 5.19. The number of ether oxygens (including phenoxy) is 1. The molecule has 0 saturated heterocycles. The molecule has 0 bridgehead atoms. The Morgan fingerprint density at radius 1 is 1.39 bits per heavy atom. The zero-order valence-corrected chi connectivity index (χ0v) is 11.2. The van der Waals surface area contributed by atoms with E-state index < -0.39 is 6.10 Å². The number of hydrogen-bond donors (Lipinski definition) is 2. The van der Waals surface area contributed by atoms with Crippen LogP contribution in [0, 0.1) is 13.8 Å². The Labute approximate surface area is 108 Å². The van der Waals surface area contributed by atoms with E-state index in [0.29, 0.717) is 13.0 Å². The summed E-state index contributed by atoms with van der Waals surface area (Å²) < 4.78 is 5.50. The van der Waals surface area contributed by atoms with E-state index in [9.17, 15) is 4.79 Å². The summed E-state index contributed by atoms with van der Waals surface area (Å²) in [6.07, 6.45) is -0.228. The minimum atomic E-state index is -0.519. The molecule has 1 aromatic carbocycles. The third-order valence-corrected chi connectivity index (χ3v) is 2.67. The van der Waals surface area contributed by atoms with Crippen molar-refractivity contribution in [2.75, 3.05) is 13.2 Å². The van der Waals surface area contributed by atoms with Gasteiger partial charge in [-0.15, -0.1) is 0 Å². The van der Waals surface area contributed by atoms with Crippen LogP contribution < -0.4 is 10.1 Å². The summed E-state index contributed by atoms with van der Waals surface area (Å²) in [5.41, 5.74) is 2.39. The molecule has 0 aromatic heterocycles. The van der Waals surface area contributed by atoms with E-state index in [0.717, 1.165) is 5.75 Å². The summed E-state index contributed by atoms with van der Waals surface area (Å²) in [5, 5.41) is 11.6. The van der Waals surface area contributed by atoms with Gasteiger partial charge in [0.15, 0.2) is 0 Å². The fraction of sp³-hybridized carbons (Fsp3) is 0.500. The van der Waals surface area contributed by atoms with Gasteiger partial charge >= 0.3 is 0 Å². The van der Waals surface area contributed by atoms with Crippen molar-refractivity contribution in [1.82, 2.24) is 5.32 Å². The number of hydrogen-bond acceptors (Lipinski definition) is 3. The molecule has 2 N–H and O–H groups in total. The smallest absolute Gasteiger partial charge is 0.223 e. The molecule has 1 amide bonds. The van der Waals surface area contributed by atoms with Gasteiger partial charge in [-0.2, -0.15) is 0 Å². The van der Waals surface area contributed by atoms with E-state index in [1.165, 1.54) is 11.1 Å². The van der Waals surface area contributed by atoms with E-state index in [1.54, 1.807) is 6.92 Å². The molecule has 0 aliphatic heterocycles. The average molecular weight is 251 g/mol. The molecule has 4 heteroatoms. The summed E-state index contributed by atoms with van der Waals surface area (Å²) in [7, 11) is 0. The second-order valence-electron chi connectivity index (χ2n) is 4.50. The van der Waals surface area contributed by atoms with Crippen LogP contribution in [0.4, 0.5) is 0 Å². The molecule has 0 heterocycles. The molecule has 4 nitrogen and oxygen atoms in total. The molecule has 0 radical (unpaired) electrons. The molecule has 0 aliphatic carbocycles. The van der Waals surface area contributed by atoms with Gasteiger partial charge in [0.1, 0.15) is 5.75 Å². The van der Waals surface area contributed by atoms with Gasteiger partial charge in [0.2, 0.25) is 5.91 Å². The number of benzene rings is 1. The first kappa shape index (κ1) is 14.5. The van der Waals surface area contributed by atoms with Gasteiger partial charge in [0.25, 0.3) is 0 Å². The number of aryl methyl sites for hydroxylation is 2. The van der Waals surface area contributed by atoms with Crippen LogP contribution in [0.5, 0.6) is 5.75 Å². The van der Waals surface area contributed by atoms with Crippen LogP contribution in [0.3, 0.4) is 0 Å². The quantitative estimate of drug-likeness (QED) is 0.807. The molecule has 0 saturated carbocycles. The molecule has 100 valence electrons. The van der Waals surface area contributed by atoms with Gasteiger partial charge in [-0.1, -0.05) is 6.07 Å². The van der Waals surface area contributed by atoms with Crippen molar-refractivity contribution in [3.8, 4) is 5.75 Å². The maximum atomic E-state index is 11.4. The minimum absolute atomic E-state index is 0.111. The lowest BCUT2D eigenvalue weighted by atomic mass is 10.1. The molecular weight excluding hydrogens is 230 g/mol. The standard InChI is InChI=1S/C14H21NO3/c1-10-4-5-13(8-11(10)2)18-7-6-14(17)15-9-12(3)16/h4-5,8,12,16H,6-7,9H2,1-3H3,(H,15,17)/t12-/m0/s1. The van der Waals surface area contributed by atoms with Gasteiger partial charge in [0, 0.05) is 6.54 Å². The third-order valence-electron chi connectivity index (χ3n) is 2.67. The van der Waals surface area contributed by atoms with Crippen LogP contribution in [0.1, 0.15) is 24.5 Å². The number of carbonyl (C=O) groups is 1. The summed E-state index contributed by atoms with van der Waals surface area (Å²) in [6, 6.07) is 5.86. The van der Waals surface area contributed by atoms with E-state index in [1.807, 2.05) is 32.0 Å². The van der Waals surface area contributed by atoms with Gasteiger partial charge < -0.3 is 15.2 Å². The normalized spacial score (nSPS) is 12.0. The summed E-state index contributed by atoms with van der Waals surface area (Å²) in [5.74, 6) is 0.668. The molecule has 0 unspecified atom stereocenters. The molecular formula is C14H21NO3. The molecule has 0 aliphatic rings. The molecule has 1 atom stereocenters. The minimum Gasteiger partial charge on any atom is -0.493 e. The highest BCUT2D eigenvalue weighted by Crippen LogP contribution is 2.16. The number of carbonyl (C=O) groups excluding carboxylic acids is 1. The van der Waals surface area contributed by atoms with Crippen LogP contribution >= 0.6 is 0 Å². The molecule has 1 aromatic rings. The number of aliphatic hydroxyl groups excluding tert-OH is 1. The van der Waals surface area contributed by atoms with Crippen molar-refractivity contribution in [1.29, 1.82) is 0 Å². The molecule has 1 rings (SSSR count). The van der Waals surface area contributed by atoms with Gasteiger partial charge in [-0.3, -0.25) is 4.79 Å². The monoisotopic (exact) mass is 251 g/mol. The number of amides is 1. The first-order valence-corrected chi connectivity index (χ1v) is 6.14. The Morgan fingerprint density at radius 2 is 2.11 bits per heavy atom. The SMILES string of the molecule is Cc1ccc(OCCC(=O)NC[C@H](C)O)cc1C. The lowest BCUT2D eigenvalue weighted by Gasteiger charge is -2.09.